The van der Waals surface area contributed by atoms with Crippen LogP contribution in [-0.2, 0) is 19.5 Å². The SMILES string of the molecule is NC(=S)S.[CH2-]CCCCCCCCCCCCCCCCC.[CH2-]CCCCCCCCCCCCCCCCC.[Zn+2]. The molecule has 41 heavy (non-hydrogen) atoms. The zero-order valence-corrected chi connectivity index (χ0v) is 33.4. The van der Waals surface area contributed by atoms with Gasteiger partial charge in [-0.15, -0.1) is 12.6 Å². The molecule has 0 rings (SSSR count). The standard InChI is InChI=1S/2C18H37.CH3NS2.Zn/c2*1-3-5-7-9-11-13-15-17-18-16-14-12-10-8-6-4-2;2-1(3)4;/h2*1,3-18H2,2H3;(H3,2,3,4);/q2*-1;;+2. The predicted molar refractivity (Wildman–Crippen MR) is 196 cm³/mol. The third kappa shape index (κ3) is 64.8. The molecule has 244 valence electrons. The number of nitrogens with two attached hydrogens (primary N) is 1. The van der Waals surface area contributed by atoms with Crippen LogP contribution in [0.15, 0.2) is 0 Å². The molecule has 1 nitrogen and oxygen atoms in total. The number of hydrogen-bond donors (Lipinski definition) is 2. The van der Waals surface area contributed by atoms with Crippen molar-refractivity contribution in [2.75, 3.05) is 0 Å². The normalized spacial score (nSPS) is 10.3. The second-order valence-corrected chi connectivity index (χ2v) is 13.2. The first kappa shape index (κ1) is 48.8. The molecule has 0 aromatic carbocycles. The van der Waals surface area contributed by atoms with Crippen LogP contribution >= 0.6 is 24.8 Å². The summed E-state index contributed by atoms with van der Waals surface area (Å²) in [5.74, 6) is 0. The summed E-state index contributed by atoms with van der Waals surface area (Å²) in [5.41, 5.74) is 4.71. The molecule has 0 spiro atoms. The summed E-state index contributed by atoms with van der Waals surface area (Å²) in [5, 5.41) is 0. The third-order valence-electron chi connectivity index (χ3n) is 7.71. The zero-order chi connectivity index (χ0) is 30.2. The Kier molecular flexibility index (Phi) is 60.0. The molecule has 0 radical (unpaired) electrons. The van der Waals surface area contributed by atoms with Gasteiger partial charge in [-0.2, -0.15) is 12.8 Å². The van der Waals surface area contributed by atoms with E-state index in [-0.39, 0.29) is 23.8 Å². The summed E-state index contributed by atoms with van der Waals surface area (Å²) in [6.45, 7) is 12.4. The maximum absolute atomic E-state index is 4.71. The van der Waals surface area contributed by atoms with E-state index in [9.17, 15) is 0 Å². The minimum absolute atomic E-state index is 0. The first-order chi connectivity index (χ1) is 19.6. The molecule has 0 aromatic heterocycles. The quantitative estimate of drug-likeness (QED) is 0.0263. The van der Waals surface area contributed by atoms with Crippen molar-refractivity contribution in [3.05, 3.63) is 13.8 Å². The van der Waals surface area contributed by atoms with E-state index < -0.39 is 0 Å². The van der Waals surface area contributed by atoms with Gasteiger partial charge in [-0.25, -0.2) is 0 Å². The fraction of sp³-hybridized carbons (Fsp3) is 0.919. The minimum Gasteiger partial charge on any atom is -0.385 e. The van der Waals surface area contributed by atoms with E-state index in [1.807, 2.05) is 0 Å². The first-order valence-corrected chi connectivity index (χ1v) is 19.0. The van der Waals surface area contributed by atoms with Crippen LogP contribution in [-0.4, -0.2) is 4.32 Å². The molecule has 0 aliphatic rings. The maximum Gasteiger partial charge on any atom is 2.00 e. The Balaban J connectivity index is -0.000000288. The monoisotopic (exact) mass is 663 g/mol. The van der Waals surface area contributed by atoms with Crippen LogP contribution in [0.4, 0.5) is 0 Å². The second kappa shape index (κ2) is 50.5. The van der Waals surface area contributed by atoms with Crippen LogP contribution in [0.5, 0.6) is 0 Å². The van der Waals surface area contributed by atoms with Crippen molar-refractivity contribution in [3.63, 3.8) is 0 Å². The minimum atomic E-state index is 0. The van der Waals surface area contributed by atoms with E-state index in [1.54, 1.807) is 0 Å². The molecule has 0 saturated carbocycles. The van der Waals surface area contributed by atoms with Gasteiger partial charge < -0.3 is 19.6 Å². The smallest absolute Gasteiger partial charge is 0.385 e. The Morgan fingerprint density at radius 3 is 0.659 bits per heavy atom. The maximum atomic E-state index is 4.71. The van der Waals surface area contributed by atoms with Crippen LogP contribution in [0.25, 0.3) is 0 Å². The van der Waals surface area contributed by atoms with Gasteiger partial charge in [0.2, 0.25) is 0 Å². The summed E-state index contributed by atoms with van der Waals surface area (Å²) in [4.78, 5) is 0. The van der Waals surface area contributed by atoms with E-state index >= 15 is 0 Å². The average molecular weight is 666 g/mol. The Morgan fingerprint density at radius 1 is 0.415 bits per heavy atom. The van der Waals surface area contributed by atoms with Gasteiger partial charge >= 0.3 is 19.5 Å². The molecule has 0 aromatic rings. The van der Waals surface area contributed by atoms with Crippen molar-refractivity contribution in [2.45, 2.75) is 219 Å². The largest absolute Gasteiger partial charge is 2.00 e. The van der Waals surface area contributed by atoms with Crippen molar-refractivity contribution in [1.29, 1.82) is 0 Å². The fourth-order valence-corrected chi connectivity index (χ4v) is 5.10. The van der Waals surface area contributed by atoms with Crippen molar-refractivity contribution < 1.29 is 19.5 Å². The van der Waals surface area contributed by atoms with Crippen LogP contribution in [0, 0.1) is 13.8 Å². The Hall–Kier alpha value is 0.863. The van der Waals surface area contributed by atoms with Crippen molar-refractivity contribution in [1.82, 2.24) is 0 Å². The van der Waals surface area contributed by atoms with Crippen molar-refractivity contribution in [3.8, 4) is 0 Å². The van der Waals surface area contributed by atoms with E-state index in [0.29, 0.717) is 0 Å². The number of thiol groups is 1. The van der Waals surface area contributed by atoms with Crippen LogP contribution in [0.1, 0.15) is 219 Å². The van der Waals surface area contributed by atoms with Gasteiger partial charge in [0.15, 0.2) is 0 Å². The Bertz CT molecular complexity index is 352. The van der Waals surface area contributed by atoms with Gasteiger partial charge in [0.05, 0.1) is 0 Å². The Morgan fingerprint density at radius 2 is 0.537 bits per heavy atom. The molecule has 0 aliphatic carbocycles. The van der Waals surface area contributed by atoms with E-state index in [2.05, 4.69) is 52.5 Å². The van der Waals surface area contributed by atoms with E-state index in [1.165, 1.54) is 193 Å². The molecule has 0 unspecified atom stereocenters. The zero-order valence-electron chi connectivity index (χ0n) is 28.7. The summed E-state index contributed by atoms with van der Waals surface area (Å²) in [6, 6.07) is 0. The van der Waals surface area contributed by atoms with Gasteiger partial charge in [0.1, 0.15) is 4.32 Å². The van der Waals surface area contributed by atoms with E-state index in [4.69, 9.17) is 5.73 Å². The summed E-state index contributed by atoms with van der Waals surface area (Å²) in [7, 11) is 0. The van der Waals surface area contributed by atoms with E-state index in [0.717, 1.165) is 12.8 Å². The van der Waals surface area contributed by atoms with Gasteiger partial charge in [0, 0.05) is 0 Å². The number of thiocarbonyl (C=S) groups is 1. The first-order valence-electron chi connectivity index (χ1n) is 18.1. The molecule has 0 heterocycles. The van der Waals surface area contributed by atoms with Crippen LogP contribution in [0.2, 0.25) is 0 Å². The van der Waals surface area contributed by atoms with Gasteiger partial charge in [-0.05, 0) is 0 Å². The Labute approximate surface area is 286 Å². The summed E-state index contributed by atoms with van der Waals surface area (Å²) >= 11 is 7.65. The molecule has 0 fully saturated rings. The molecule has 4 heteroatoms. The van der Waals surface area contributed by atoms with Crippen LogP contribution < -0.4 is 5.73 Å². The van der Waals surface area contributed by atoms with Crippen molar-refractivity contribution in [2.24, 2.45) is 5.73 Å². The number of rotatable bonds is 30. The van der Waals surface area contributed by atoms with Gasteiger partial charge in [0.25, 0.3) is 0 Å². The molecular formula is C37H77NS2Zn. The summed E-state index contributed by atoms with van der Waals surface area (Å²) in [6.07, 6.45) is 45.6. The molecule has 0 bridgehead atoms. The fourth-order valence-electron chi connectivity index (χ4n) is 5.10. The molecule has 0 saturated heterocycles. The number of hydrogen-bond acceptors (Lipinski definition) is 1. The topological polar surface area (TPSA) is 26.0 Å². The van der Waals surface area contributed by atoms with Crippen LogP contribution in [0.3, 0.4) is 0 Å². The molecule has 2 N–H and O–H groups in total. The van der Waals surface area contributed by atoms with Gasteiger partial charge in [-0.3, -0.25) is 0 Å². The molecular weight excluding hydrogens is 588 g/mol. The summed E-state index contributed by atoms with van der Waals surface area (Å²) < 4.78 is 0.194. The number of unbranched alkanes of at least 4 members (excludes halogenated alkanes) is 30. The molecule has 0 amide bonds. The average Bonchev–Trinajstić information content (AvgIpc) is 2.93. The third-order valence-corrected chi connectivity index (χ3v) is 7.71. The molecule has 0 aliphatic heterocycles. The molecule has 0 atom stereocenters. The van der Waals surface area contributed by atoms with Crippen molar-refractivity contribution >= 4 is 29.2 Å². The second-order valence-electron chi connectivity index (χ2n) is 11.9. The van der Waals surface area contributed by atoms with Gasteiger partial charge in [-0.1, -0.05) is 219 Å². The predicted octanol–water partition coefficient (Wildman–Crippen LogP) is 14.3.